The third-order valence-corrected chi connectivity index (χ3v) is 4.35. The van der Waals surface area contributed by atoms with Crippen LogP contribution >= 0.6 is 0 Å². The first-order chi connectivity index (χ1) is 12.8. The highest BCUT2D eigenvalue weighted by Gasteiger charge is 2.12. The Balaban J connectivity index is 1.69. The average molecular weight is 350 g/mol. The molecule has 136 valence electrons. The van der Waals surface area contributed by atoms with Gasteiger partial charge in [-0.05, 0) is 42.8 Å². The van der Waals surface area contributed by atoms with Crippen LogP contribution in [0.5, 0.6) is 5.75 Å². The highest BCUT2D eigenvalue weighted by Crippen LogP contribution is 2.22. The van der Waals surface area contributed by atoms with Gasteiger partial charge in [0.25, 0.3) is 0 Å². The van der Waals surface area contributed by atoms with Crippen LogP contribution in [0.4, 0.5) is 0 Å². The second-order valence-corrected chi connectivity index (χ2v) is 6.42. The van der Waals surface area contributed by atoms with Gasteiger partial charge in [-0.15, -0.1) is 0 Å². The molecular weight excluding hydrogens is 324 g/mol. The van der Waals surface area contributed by atoms with Crippen LogP contribution < -0.4 is 4.74 Å². The molecule has 4 heteroatoms. The van der Waals surface area contributed by atoms with E-state index in [1.165, 1.54) is 18.4 Å². The Morgan fingerprint density at radius 2 is 1.77 bits per heavy atom. The highest BCUT2D eigenvalue weighted by molar-refractivity contribution is 5.54. The monoisotopic (exact) mass is 350 g/mol. The second kappa shape index (κ2) is 9.20. The Morgan fingerprint density at radius 3 is 2.46 bits per heavy atom. The van der Waals surface area contributed by atoms with Crippen LogP contribution in [-0.4, -0.2) is 23.5 Å². The number of nitrogens with zero attached hydrogens (tertiary/aromatic N) is 2. The van der Waals surface area contributed by atoms with Crippen LogP contribution in [0, 0.1) is 0 Å². The zero-order valence-corrected chi connectivity index (χ0v) is 15.5. The maximum atomic E-state index is 5.70. The topological polar surface area (TPSA) is 38.5 Å². The number of methoxy groups -OCH3 is 1. The zero-order chi connectivity index (χ0) is 18.2. The Hall–Kier alpha value is -2.59. The lowest BCUT2D eigenvalue weighted by Crippen LogP contribution is -2.24. The number of aromatic nitrogens is 1. The highest BCUT2D eigenvalue weighted by atomic mass is 16.5. The average Bonchev–Trinajstić information content (AvgIpc) is 3.15. The molecule has 1 aromatic heterocycles. The molecule has 0 unspecified atom stereocenters. The van der Waals surface area contributed by atoms with Crippen molar-refractivity contribution in [1.29, 1.82) is 0 Å². The van der Waals surface area contributed by atoms with E-state index in [4.69, 9.17) is 9.15 Å². The second-order valence-electron chi connectivity index (χ2n) is 6.42. The fourth-order valence-corrected chi connectivity index (χ4v) is 2.91. The number of oxazole rings is 1. The molecule has 0 aliphatic carbocycles. The van der Waals surface area contributed by atoms with Gasteiger partial charge in [0.05, 0.1) is 12.8 Å². The zero-order valence-electron chi connectivity index (χ0n) is 15.5. The van der Waals surface area contributed by atoms with Gasteiger partial charge in [0.1, 0.15) is 12.0 Å². The molecule has 3 rings (SSSR count). The normalized spacial score (nSPS) is 11.0. The summed E-state index contributed by atoms with van der Waals surface area (Å²) in [6.07, 6.45) is 4.13. The van der Waals surface area contributed by atoms with Gasteiger partial charge in [-0.3, -0.25) is 4.90 Å². The van der Waals surface area contributed by atoms with E-state index in [9.17, 15) is 0 Å². The van der Waals surface area contributed by atoms with Gasteiger partial charge < -0.3 is 9.15 Å². The first-order valence-corrected chi connectivity index (χ1v) is 9.13. The lowest BCUT2D eigenvalue weighted by molar-refractivity contribution is 0.249. The summed E-state index contributed by atoms with van der Waals surface area (Å²) in [7, 11) is 1.66. The molecule has 26 heavy (non-hydrogen) atoms. The Morgan fingerprint density at radius 1 is 1.00 bits per heavy atom. The minimum Gasteiger partial charge on any atom is -0.497 e. The van der Waals surface area contributed by atoms with E-state index in [1.54, 1.807) is 13.4 Å². The number of rotatable bonds is 9. The Kier molecular flexibility index (Phi) is 6.45. The summed E-state index contributed by atoms with van der Waals surface area (Å²) < 4.78 is 10.9. The van der Waals surface area contributed by atoms with E-state index >= 15 is 0 Å². The summed E-state index contributed by atoms with van der Waals surface area (Å²) in [4.78, 5) is 7.10. The van der Waals surface area contributed by atoms with Crippen molar-refractivity contribution in [3.8, 4) is 17.2 Å². The van der Waals surface area contributed by atoms with Crippen molar-refractivity contribution in [2.75, 3.05) is 13.7 Å². The van der Waals surface area contributed by atoms with Crippen LogP contribution in [0.1, 0.15) is 31.0 Å². The predicted octanol–water partition coefficient (Wildman–Crippen LogP) is 5.15. The number of ether oxygens (including phenoxy) is 1. The predicted molar refractivity (Wildman–Crippen MR) is 104 cm³/mol. The number of unbranched alkanes of at least 4 members (excludes halogenated alkanes) is 1. The maximum absolute atomic E-state index is 5.70. The van der Waals surface area contributed by atoms with E-state index in [0.717, 1.165) is 36.6 Å². The summed E-state index contributed by atoms with van der Waals surface area (Å²) >= 11 is 0. The van der Waals surface area contributed by atoms with Gasteiger partial charge in [-0.25, -0.2) is 4.98 Å². The summed E-state index contributed by atoms with van der Waals surface area (Å²) in [6, 6.07) is 18.3. The Bertz CT molecular complexity index is 781. The van der Waals surface area contributed by atoms with Crippen LogP contribution in [0.2, 0.25) is 0 Å². The largest absolute Gasteiger partial charge is 0.497 e. The molecule has 0 radical (unpaired) electrons. The summed E-state index contributed by atoms with van der Waals surface area (Å²) in [5, 5.41) is 0. The van der Waals surface area contributed by atoms with Gasteiger partial charge in [-0.1, -0.05) is 43.7 Å². The molecule has 0 fully saturated rings. The van der Waals surface area contributed by atoms with Crippen LogP contribution in [-0.2, 0) is 13.1 Å². The molecule has 0 saturated carbocycles. The summed E-state index contributed by atoms with van der Waals surface area (Å²) in [6.45, 7) is 4.98. The SMILES string of the molecule is CCCCN(Cc1ccccc1)Cc1coc(-c2ccc(OC)cc2)n1. The van der Waals surface area contributed by atoms with Crippen molar-refractivity contribution in [1.82, 2.24) is 9.88 Å². The number of hydrogen-bond donors (Lipinski definition) is 0. The fraction of sp³-hybridized carbons (Fsp3) is 0.318. The maximum Gasteiger partial charge on any atom is 0.226 e. The lowest BCUT2D eigenvalue weighted by Gasteiger charge is -2.21. The van der Waals surface area contributed by atoms with Gasteiger partial charge in [0.15, 0.2) is 0 Å². The summed E-state index contributed by atoms with van der Waals surface area (Å²) in [5.41, 5.74) is 3.24. The van der Waals surface area contributed by atoms with Gasteiger partial charge in [-0.2, -0.15) is 0 Å². The lowest BCUT2D eigenvalue weighted by atomic mass is 10.2. The molecule has 0 N–H and O–H groups in total. The van der Waals surface area contributed by atoms with Crippen LogP contribution in [0.15, 0.2) is 65.3 Å². The molecule has 0 atom stereocenters. The molecule has 2 aromatic carbocycles. The van der Waals surface area contributed by atoms with Crippen molar-refractivity contribution in [3.05, 3.63) is 72.1 Å². The summed E-state index contributed by atoms with van der Waals surface area (Å²) in [5.74, 6) is 1.48. The minimum atomic E-state index is 0.651. The van der Waals surface area contributed by atoms with Crippen molar-refractivity contribution < 1.29 is 9.15 Å². The Labute approximate surface area is 155 Å². The van der Waals surface area contributed by atoms with E-state index in [0.29, 0.717) is 5.89 Å². The first kappa shape index (κ1) is 18.2. The molecular formula is C22H26N2O2. The smallest absolute Gasteiger partial charge is 0.226 e. The molecule has 3 aromatic rings. The molecule has 0 bridgehead atoms. The van der Waals surface area contributed by atoms with Gasteiger partial charge >= 0.3 is 0 Å². The quantitative estimate of drug-likeness (QED) is 0.535. The third kappa shape index (κ3) is 4.96. The van der Waals surface area contributed by atoms with Gasteiger partial charge in [0, 0.05) is 18.7 Å². The molecule has 0 aliphatic heterocycles. The van der Waals surface area contributed by atoms with E-state index in [2.05, 4.69) is 47.1 Å². The molecule has 0 spiro atoms. The van der Waals surface area contributed by atoms with Crippen LogP contribution in [0.3, 0.4) is 0 Å². The van der Waals surface area contributed by atoms with Crippen LogP contribution in [0.25, 0.3) is 11.5 Å². The number of hydrogen-bond acceptors (Lipinski definition) is 4. The van der Waals surface area contributed by atoms with Crippen molar-refractivity contribution in [3.63, 3.8) is 0 Å². The molecule has 1 heterocycles. The molecule has 4 nitrogen and oxygen atoms in total. The van der Waals surface area contributed by atoms with Gasteiger partial charge in [0.2, 0.25) is 5.89 Å². The molecule has 0 saturated heterocycles. The molecule has 0 aliphatic rings. The first-order valence-electron chi connectivity index (χ1n) is 9.13. The van der Waals surface area contributed by atoms with Crippen molar-refractivity contribution in [2.24, 2.45) is 0 Å². The number of benzene rings is 2. The van der Waals surface area contributed by atoms with E-state index < -0.39 is 0 Å². The minimum absolute atomic E-state index is 0.651. The molecule has 0 amide bonds. The van der Waals surface area contributed by atoms with E-state index in [1.807, 2.05) is 24.3 Å². The standard InChI is InChI=1S/C22H26N2O2/c1-3-4-14-24(15-18-8-6-5-7-9-18)16-20-17-26-22(23-20)19-10-12-21(25-2)13-11-19/h5-13,17H,3-4,14-16H2,1-2H3. The van der Waals surface area contributed by atoms with Crippen molar-refractivity contribution >= 4 is 0 Å². The van der Waals surface area contributed by atoms with E-state index in [-0.39, 0.29) is 0 Å². The third-order valence-electron chi connectivity index (χ3n) is 4.35. The fourth-order valence-electron chi connectivity index (χ4n) is 2.91. The van der Waals surface area contributed by atoms with Crippen molar-refractivity contribution in [2.45, 2.75) is 32.9 Å².